The second kappa shape index (κ2) is 6.33. The molecular formula is C11H13N3O4. The second-order valence-corrected chi connectivity index (χ2v) is 3.62. The lowest BCUT2D eigenvalue weighted by molar-refractivity contribution is -0.355. The molecule has 18 heavy (non-hydrogen) atoms. The van der Waals surface area contributed by atoms with Crippen molar-refractivity contribution in [2.45, 2.75) is 6.42 Å². The molecule has 0 radical (unpaired) electrons. The Morgan fingerprint density at radius 3 is 2.56 bits per heavy atom. The van der Waals surface area contributed by atoms with Crippen LogP contribution in [0.25, 0.3) is 0 Å². The summed E-state index contributed by atoms with van der Waals surface area (Å²) >= 11 is 0. The first-order valence-electron chi connectivity index (χ1n) is 5.22. The summed E-state index contributed by atoms with van der Waals surface area (Å²) in [7, 11) is 1.53. The Bertz CT molecular complexity index is 459. The number of oxime groups is 1. The summed E-state index contributed by atoms with van der Waals surface area (Å²) in [6.07, 6.45) is -0.113. The summed E-state index contributed by atoms with van der Waals surface area (Å²) in [4.78, 5) is 22.8. The number of carbonyl (C=O) groups excluding carboxylic acids is 1. The summed E-state index contributed by atoms with van der Waals surface area (Å²) in [5, 5.41) is 21.4. The quantitative estimate of drug-likeness (QED) is 0.286. The molecule has 1 rings (SSSR count). The molecule has 0 saturated carbocycles. The lowest BCUT2D eigenvalue weighted by Gasteiger charge is -2.15. The Hall–Kier alpha value is -2.44. The highest BCUT2D eigenvalue weighted by molar-refractivity contribution is 5.94. The van der Waals surface area contributed by atoms with Crippen LogP contribution in [0.2, 0.25) is 0 Å². The Balaban J connectivity index is 2.59. The van der Waals surface area contributed by atoms with Gasteiger partial charge in [-0.1, -0.05) is 18.2 Å². The molecule has 0 unspecified atom stereocenters. The number of hydrogen-bond donors (Lipinski definition) is 1. The zero-order valence-electron chi connectivity index (χ0n) is 9.81. The number of rotatable bonds is 4. The third-order valence-corrected chi connectivity index (χ3v) is 2.36. The van der Waals surface area contributed by atoms with Gasteiger partial charge in [0.25, 0.3) is 5.91 Å². The van der Waals surface area contributed by atoms with Crippen LogP contribution in [-0.2, 0) is 0 Å². The number of carbonyl (C=O) groups is 1. The Morgan fingerprint density at radius 1 is 1.44 bits per heavy atom. The summed E-state index contributed by atoms with van der Waals surface area (Å²) in [6.45, 7) is 0.105. The third-order valence-electron chi connectivity index (χ3n) is 2.36. The van der Waals surface area contributed by atoms with Crippen LogP contribution in [0, 0.1) is 10.1 Å². The molecule has 0 saturated heterocycles. The van der Waals surface area contributed by atoms with Gasteiger partial charge in [-0.2, -0.15) is 0 Å². The van der Waals surface area contributed by atoms with E-state index < -0.39 is 10.8 Å². The van der Waals surface area contributed by atoms with Gasteiger partial charge in [0.1, 0.15) is 5.16 Å². The fourth-order valence-electron chi connectivity index (χ4n) is 1.35. The summed E-state index contributed by atoms with van der Waals surface area (Å²) < 4.78 is 0. The zero-order chi connectivity index (χ0) is 13.5. The van der Waals surface area contributed by atoms with Gasteiger partial charge in [-0.05, 0) is 17.1 Å². The minimum absolute atomic E-state index is 0.105. The largest absolute Gasteiger partial charge is 0.386 e. The smallest absolute Gasteiger partial charge is 0.358 e. The van der Waals surface area contributed by atoms with E-state index in [2.05, 4.69) is 5.16 Å². The molecule has 7 heteroatoms. The number of amides is 1. The molecule has 96 valence electrons. The van der Waals surface area contributed by atoms with Crippen LogP contribution < -0.4 is 0 Å². The van der Waals surface area contributed by atoms with E-state index in [1.807, 2.05) is 0 Å². The number of nitrogens with zero attached hydrogens (tertiary/aromatic N) is 3. The average molecular weight is 251 g/mol. The van der Waals surface area contributed by atoms with Gasteiger partial charge in [-0.15, -0.1) is 0 Å². The molecule has 0 aromatic heterocycles. The van der Waals surface area contributed by atoms with Gasteiger partial charge in [-0.25, -0.2) is 0 Å². The van der Waals surface area contributed by atoms with E-state index >= 15 is 0 Å². The van der Waals surface area contributed by atoms with Gasteiger partial charge in [0.05, 0.1) is 6.42 Å². The second-order valence-electron chi connectivity index (χ2n) is 3.62. The normalized spacial score (nSPS) is 11.1. The van der Waals surface area contributed by atoms with Crippen molar-refractivity contribution in [1.82, 2.24) is 4.90 Å². The molecule has 0 bridgehead atoms. The molecule has 1 aromatic carbocycles. The van der Waals surface area contributed by atoms with Gasteiger partial charge in [0, 0.05) is 19.2 Å². The number of benzene rings is 1. The predicted molar refractivity (Wildman–Crippen MR) is 64.2 cm³/mol. The van der Waals surface area contributed by atoms with Gasteiger partial charge in [0.2, 0.25) is 0 Å². The standard InChI is InChI=1S/C11H13N3O4/c1-13(8-7-10(12-16)14(17)18)11(15)9-5-3-2-4-6-9/h2-6,16H,7-8H2,1H3. The zero-order valence-corrected chi connectivity index (χ0v) is 9.81. The molecule has 1 N–H and O–H groups in total. The van der Waals surface area contributed by atoms with Gasteiger partial charge >= 0.3 is 5.84 Å². The topological polar surface area (TPSA) is 96.0 Å². The first-order chi connectivity index (χ1) is 8.56. The van der Waals surface area contributed by atoms with Crippen molar-refractivity contribution < 1.29 is 14.9 Å². The molecule has 0 atom stereocenters. The third kappa shape index (κ3) is 3.55. The van der Waals surface area contributed by atoms with Crippen molar-refractivity contribution in [3.8, 4) is 0 Å². The minimum Gasteiger partial charge on any atom is -0.358 e. The molecular weight excluding hydrogens is 238 g/mol. The summed E-state index contributed by atoms with van der Waals surface area (Å²) in [6, 6.07) is 8.58. The van der Waals surface area contributed by atoms with Gasteiger partial charge < -0.3 is 20.2 Å². The fourth-order valence-corrected chi connectivity index (χ4v) is 1.35. The molecule has 0 aliphatic heterocycles. The molecule has 0 heterocycles. The maximum atomic E-state index is 11.9. The monoisotopic (exact) mass is 251 g/mol. The molecule has 1 amide bonds. The van der Waals surface area contributed by atoms with Crippen molar-refractivity contribution >= 4 is 11.7 Å². The van der Waals surface area contributed by atoms with E-state index in [1.54, 1.807) is 30.3 Å². The first-order valence-corrected chi connectivity index (χ1v) is 5.22. The van der Waals surface area contributed by atoms with Crippen molar-refractivity contribution in [3.63, 3.8) is 0 Å². The lowest BCUT2D eigenvalue weighted by atomic mass is 10.2. The molecule has 0 fully saturated rings. The molecule has 0 aliphatic carbocycles. The van der Waals surface area contributed by atoms with Crippen LogP contribution >= 0.6 is 0 Å². The predicted octanol–water partition coefficient (Wildman–Crippen LogP) is 1.21. The Morgan fingerprint density at radius 2 is 2.06 bits per heavy atom. The van der Waals surface area contributed by atoms with Crippen molar-refractivity contribution in [2.75, 3.05) is 13.6 Å². The van der Waals surface area contributed by atoms with Crippen LogP contribution in [0.1, 0.15) is 16.8 Å². The van der Waals surface area contributed by atoms with Crippen LogP contribution in [-0.4, -0.2) is 40.4 Å². The van der Waals surface area contributed by atoms with Crippen molar-refractivity contribution in [3.05, 3.63) is 46.0 Å². The maximum absolute atomic E-state index is 11.9. The first kappa shape index (κ1) is 13.6. The maximum Gasteiger partial charge on any atom is 0.386 e. The average Bonchev–Trinajstić information content (AvgIpc) is 2.39. The van der Waals surface area contributed by atoms with Crippen molar-refractivity contribution in [1.29, 1.82) is 0 Å². The van der Waals surface area contributed by atoms with E-state index in [0.717, 1.165) is 0 Å². The summed E-state index contributed by atoms with van der Waals surface area (Å²) in [5.41, 5.74) is 0.503. The van der Waals surface area contributed by atoms with E-state index in [4.69, 9.17) is 5.21 Å². The van der Waals surface area contributed by atoms with Gasteiger partial charge in [0.15, 0.2) is 0 Å². The lowest BCUT2D eigenvalue weighted by Crippen LogP contribution is -2.30. The SMILES string of the molecule is CN(CCC(=NO)[N+](=O)[O-])C(=O)c1ccccc1. The van der Waals surface area contributed by atoms with E-state index in [-0.39, 0.29) is 18.9 Å². The van der Waals surface area contributed by atoms with Crippen molar-refractivity contribution in [2.24, 2.45) is 5.16 Å². The number of nitro groups is 1. The van der Waals surface area contributed by atoms with Crippen LogP contribution in [0.4, 0.5) is 0 Å². The Labute approximate surface area is 103 Å². The van der Waals surface area contributed by atoms with Crippen LogP contribution in [0.3, 0.4) is 0 Å². The van der Waals surface area contributed by atoms with E-state index in [9.17, 15) is 14.9 Å². The fraction of sp³-hybridized carbons (Fsp3) is 0.273. The van der Waals surface area contributed by atoms with E-state index in [1.165, 1.54) is 11.9 Å². The molecule has 1 aromatic rings. The van der Waals surface area contributed by atoms with Crippen LogP contribution in [0.15, 0.2) is 35.5 Å². The molecule has 0 aliphatic rings. The summed E-state index contributed by atoms with van der Waals surface area (Å²) in [5.74, 6) is -0.807. The Kier molecular flexibility index (Phi) is 4.79. The van der Waals surface area contributed by atoms with Gasteiger partial charge in [-0.3, -0.25) is 4.79 Å². The minimum atomic E-state index is -0.777. The highest BCUT2D eigenvalue weighted by Gasteiger charge is 2.17. The van der Waals surface area contributed by atoms with Crippen LogP contribution in [0.5, 0.6) is 0 Å². The number of amidine groups is 1. The van der Waals surface area contributed by atoms with E-state index in [0.29, 0.717) is 5.56 Å². The molecule has 0 spiro atoms. The highest BCUT2D eigenvalue weighted by atomic mass is 16.6. The molecule has 7 nitrogen and oxygen atoms in total. The number of hydrogen-bond acceptors (Lipinski definition) is 5. The highest BCUT2D eigenvalue weighted by Crippen LogP contribution is 2.04.